The Balaban J connectivity index is 1.82. The summed E-state index contributed by atoms with van der Waals surface area (Å²) < 4.78 is 30.2. The van der Waals surface area contributed by atoms with Crippen LogP contribution in [-0.4, -0.2) is 38.7 Å². The Kier molecular flexibility index (Phi) is 4.47. The molecule has 4 nitrogen and oxygen atoms in total. The molecular weight excluding hydrogens is 262 g/mol. The smallest absolute Gasteiger partial charge is 0.211 e. The number of hydrogen-bond acceptors (Lipinski definition) is 3. The molecule has 0 unspecified atom stereocenters. The van der Waals surface area contributed by atoms with Crippen LogP contribution in [0, 0.1) is 12.8 Å². The first kappa shape index (κ1) is 14.3. The molecule has 0 N–H and O–H groups in total. The second-order valence-corrected chi connectivity index (χ2v) is 7.16. The zero-order valence-corrected chi connectivity index (χ0v) is 12.3. The molecule has 2 rings (SSSR count). The van der Waals surface area contributed by atoms with E-state index < -0.39 is 10.0 Å². The summed E-state index contributed by atoms with van der Waals surface area (Å²) in [4.78, 5) is 0. The third-order valence-electron chi connectivity index (χ3n) is 3.61. The molecule has 1 heterocycles. The van der Waals surface area contributed by atoms with Crippen LogP contribution in [0.15, 0.2) is 24.3 Å². The van der Waals surface area contributed by atoms with Gasteiger partial charge in [0.1, 0.15) is 5.75 Å². The maximum absolute atomic E-state index is 11.4. The Labute approximate surface area is 115 Å². The van der Waals surface area contributed by atoms with E-state index in [1.54, 1.807) is 4.31 Å². The SMILES string of the molecule is Cc1ccccc1OCC1CCN(S(C)(=O)=O)CC1. The van der Waals surface area contributed by atoms with Crippen molar-refractivity contribution in [2.45, 2.75) is 19.8 Å². The lowest BCUT2D eigenvalue weighted by Gasteiger charge is -2.30. The summed E-state index contributed by atoms with van der Waals surface area (Å²) in [5.74, 6) is 1.37. The number of nitrogens with zero attached hydrogens (tertiary/aromatic N) is 1. The van der Waals surface area contributed by atoms with Crippen LogP contribution in [0.4, 0.5) is 0 Å². The number of piperidine rings is 1. The number of rotatable bonds is 4. The van der Waals surface area contributed by atoms with Gasteiger partial charge in [-0.1, -0.05) is 18.2 Å². The van der Waals surface area contributed by atoms with Gasteiger partial charge in [0.05, 0.1) is 12.9 Å². The molecule has 5 heteroatoms. The summed E-state index contributed by atoms with van der Waals surface area (Å²) in [6, 6.07) is 7.96. The average Bonchev–Trinajstić information content (AvgIpc) is 2.37. The molecule has 19 heavy (non-hydrogen) atoms. The summed E-state index contributed by atoms with van der Waals surface area (Å²) in [6.45, 7) is 3.92. The number of hydrogen-bond donors (Lipinski definition) is 0. The van der Waals surface area contributed by atoms with Crippen LogP contribution >= 0.6 is 0 Å². The summed E-state index contributed by atoms with van der Waals surface area (Å²) in [6.07, 6.45) is 3.02. The van der Waals surface area contributed by atoms with Gasteiger partial charge in [-0.15, -0.1) is 0 Å². The summed E-state index contributed by atoms with van der Waals surface area (Å²) >= 11 is 0. The molecule has 1 saturated heterocycles. The van der Waals surface area contributed by atoms with E-state index >= 15 is 0 Å². The van der Waals surface area contributed by atoms with Crippen molar-refractivity contribution in [3.05, 3.63) is 29.8 Å². The molecule has 0 aliphatic carbocycles. The molecule has 0 spiro atoms. The highest BCUT2D eigenvalue weighted by molar-refractivity contribution is 7.88. The predicted octanol–water partition coefficient (Wildman–Crippen LogP) is 2.05. The van der Waals surface area contributed by atoms with Crippen LogP contribution in [-0.2, 0) is 10.0 Å². The van der Waals surface area contributed by atoms with Crippen LogP contribution in [0.25, 0.3) is 0 Å². The van der Waals surface area contributed by atoms with Crippen LogP contribution in [0.2, 0.25) is 0 Å². The fourth-order valence-electron chi connectivity index (χ4n) is 2.33. The van der Waals surface area contributed by atoms with Crippen molar-refractivity contribution < 1.29 is 13.2 Å². The number of para-hydroxylation sites is 1. The molecule has 0 radical (unpaired) electrons. The lowest BCUT2D eigenvalue weighted by atomic mass is 9.99. The largest absolute Gasteiger partial charge is 0.493 e. The van der Waals surface area contributed by atoms with Crippen LogP contribution in [0.1, 0.15) is 18.4 Å². The quantitative estimate of drug-likeness (QED) is 0.849. The van der Waals surface area contributed by atoms with Crippen molar-refractivity contribution in [2.24, 2.45) is 5.92 Å². The van der Waals surface area contributed by atoms with E-state index in [4.69, 9.17) is 4.74 Å². The van der Waals surface area contributed by atoms with Crippen molar-refractivity contribution in [2.75, 3.05) is 26.0 Å². The molecule has 106 valence electrons. The molecule has 0 aromatic heterocycles. The first-order chi connectivity index (χ1) is 8.97. The normalized spacial score (nSPS) is 18.4. The van der Waals surface area contributed by atoms with Gasteiger partial charge in [-0.3, -0.25) is 0 Å². The maximum Gasteiger partial charge on any atom is 0.211 e. The van der Waals surface area contributed by atoms with Crippen molar-refractivity contribution in [3.8, 4) is 5.75 Å². The highest BCUT2D eigenvalue weighted by Crippen LogP contribution is 2.22. The zero-order valence-electron chi connectivity index (χ0n) is 11.5. The number of benzene rings is 1. The molecule has 1 aromatic rings. The third kappa shape index (κ3) is 3.94. The first-order valence-electron chi connectivity index (χ1n) is 6.60. The van der Waals surface area contributed by atoms with Crippen molar-refractivity contribution in [1.29, 1.82) is 0 Å². The van der Waals surface area contributed by atoms with Gasteiger partial charge in [-0.25, -0.2) is 12.7 Å². The van der Waals surface area contributed by atoms with E-state index in [2.05, 4.69) is 0 Å². The molecule has 0 saturated carbocycles. The van der Waals surface area contributed by atoms with Gasteiger partial charge in [-0.05, 0) is 37.3 Å². The van der Waals surface area contributed by atoms with Gasteiger partial charge in [0.2, 0.25) is 10.0 Å². The Morgan fingerprint density at radius 2 is 1.89 bits per heavy atom. The molecule has 0 amide bonds. The molecular formula is C14H21NO3S. The Morgan fingerprint density at radius 3 is 2.47 bits per heavy atom. The highest BCUT2D eigenvalue weighted by atomic mass is 32.2. The first-order valence-corrected chi connectivity index (χ1v) is 8.45. The number of aryl methyl sites for hydroxylation is 1. The van der Waals surface area contributed by atoms with Gasteiger partial charge in [0, 0.05) is 13.1 Å². The van der Waals surface area contributed by atoms with Crippen molar-refractivity contribution in [1.82, 2.24) is 4.31 Å². The molecule has 1 aromatic carbocycles. The molecule has 0 atom stereocenters. The molecule has 1 fully saturated rings. The predicted molar refractivity (Wildman–Crippen MR) is 75.8 cm³/mol. The van der Waals surface area contributed by atoms with Crippen molar-refractivity contribution in [3.63, 3.8) is 0 Å². The van der Waals surface area contributed by atoms with E-state index in [0.29, 0.717) is 25.6 Å². The minimum atomic E-state index is -3.03. The Morgan fingerprint density at radius 1 is 1.26 bits per heavy atom. The van der Waals surface area contributed by atoms with Gasteiger partial charge < -0.3 is 4.74 Å². The second-order valence-electron chi connectivity index (χ2n) is 5.18. The van der Waals surface area contributed by atoms with Gasteiger partial charge >= 0.3 is 0 Å². The lowest BCUT2D eigenvalue weighted by molar-refractivity contribution is 0.185. The van der Waals surface area contributed by atoms with Gasteiger partial charge in [0.15, 0.2) is 0 Å². The third-order valence-corrected chi connectivity index (χ3v) is 4.91. The monoisotopic (exact) mass is 283 g/mol. The topological polar surface area (TPSA) is 46.6 Å². The zero-order chi connectivity index (χ0) is 13.9. The summed E-state index contributed by atoms with van der Waals surface area (Å²) in [7, 11) is -3.03. The Hall–Kier alpha value is -1.07. The number of sulfonamides is 1. The standard InChI is InChI=1S/C14H21NO3S/c1-12-5-3-4-6-14(12)18-11-13-7-9-15(10-8-13)19(2,16)17/h3-6,13H,7-11H2,1-2H3. The lowest BCUT2D eigenvalue weighted by Crippen LogP contribution is -2.39. The van der Waals surface area contributed by atoms with Crippen LogP contribution in [0.5, 0.6) is 5.75 Å². The molecule has 0 bridgehead atoms. The summed E-state index contributed by atoms with van der Waals surface area (Å²) in [5.41, 5.74) is 1.14. The fraction of sp³-hybridized carbons (Fsp3) is 0.571. The molecule has 1 aliphatic rings. The molecule has 1 aliphatic heterocycles. The summed E-state index contributed by atoms with van der Waals surface area (Å²) in [5, 5.41) is 0. The van der Waals surface area contributed by atoms with E-state index in [1.807, 2.05) is 31.2 Å². The van der Waals surface area contributed by atoms with E-state index in [9.17, 15) is 8.42 Å². The van der Waals surface area contributed by atoms with Crippen molar-refractivity contribution >= 4 is 10.0 Å². The second kappa shape index (κ2) is 5.92. The minimum absolute atomic E-state index is 0.442. The van der Waals surface area contributed by atoms with Crippen LogP contribution in [0.3, 0.4) is 0 Å². The maximum atomic E-state index is 11.4. The van der Waals surface area contributed by atoms with E-state index in [-0.39, 0.29) is 0 Å². The average molecular weight is 283 g/mol. The number of ether oxygens (including phenoxy) is 1. The van der Waals surface area contributed by atoms with Gasteiger partial charge in [-0.2, -0.15) is 0 Å². The highest BCUT2D eigenvalue weighted by Gasteiger charge is 2.25. The minimum Gasteiger partial charge on any atom is -0.493 e. The fourth-order valence-corrected chi connectivity index (χ4v) is 3.21. The van der Waals surface area contributed by atoms with Gasteiger partial charge in [0.25, 0.3) is 0 Å². The Bertz CT molecular complexity index is 519. The van der Waals surface area contributed by atoms with E-state index in [0.717, 1.165) is 24.2 Å². The van der Waals surface area contributed by atoms with Crippen LogP contribution < -0.4 is 4.74 Å². The van der Waals surface area contributed by atoms with E-state index in [1.165, 1.54) is 6.26 Å².